The molecule has 0 bridgehead atoms. The summed E-state index contributed by atoms with van der Waals surface area (Å²) in [6, 6.07) is 6.27. The molecule has 0 spiro atoms. The first-order valence-corrected chi connectivity index (χ1v) is 6.28. The van der Waals surface area contributed by atoms with Gasteiger partial charge in [0.2, 0.25) is 0 Å². The van der Waals surface area contributed by atoms with E-state index >= 15 is 0 Å². The van der Waals surface area contributed by atoms with Crippen molar-refractivity contribution in [2.45, 2.75) is 19.3 Å². The number of hydrogen-bond acceptors (Lipinski definition) is 4. The van der Waals surface area contributed by atoms with E-state index in [0.29, 0.717) is 11.7 Å². The Kier molecular flexibility index (Phi) is 2.16. The Balaban J connectivity index is 1.92. The fourth-order valence-corrected chi connectivity index (χ4v) is 2.90. The van der Waals surface area contributed by atoms with E-state index in [-0.39, 0.29) is 5.41 Å². The third-order valence-corrected chi connectivity index (χ3v) is 4.19. The van der Waals surface area contributed by atoms with Crippen LogP contribution in [0.5, 0.6) is 0 Å². The number of anilines is 1. The lowest BCUT2D eigenvalue weighted by Crippen LogP contribution is -2.09. The van der Waals surface area contributed by atoms with Crippen LogP contribution >= 0.6 is 11.3 Å². The number of benzene rings is 1. The van der Waals surface area contributed by atoms with Crippen LogP contribution in [0.15, 0.2) is 18.2 Å². The second-order valence-corrected chi connectivity index (χ2v) is 5.75. The average molecular weight is 234 g/mol. The van der Waals surface area contributed by atoms with Crippen LogP contribution in [0.3, 0.4) is 0 Å². The molecule has 1 aliphatic carbocycles. The molecule has 0 atom stereocenters. The summed E-state index contributed by atoms with van der Waals surface area (Å²) >= 11 is 1.52. The summed E-state index contributed by atoms with van der Waals surface area (Å²) in [5, 5.41) is 9.93. The van der Waals surface area contributed by atoms with E-state index < -0.39 is 0 Å². The molecule has 0 aliphatic heterocycles. The number of nitrogens with two attached hydrogens (primary N) is 1. The first kappa shape index (κ1) is 10.1. The molecule has 84 valence electrons. The number of nitrogen functional groups attached to an aromatic ring is 1. The molecule has 2 aromatic rings. The normalized spacial score (nSPS) is 17.8. The largest absolute Gasteiger partial charge is 0.396 e. The molecule has 1 heterocycles. The van der Waals surface area contributed by atoms with Crippen molar-refractivity contribution in [2.24, 2.45) is 5.41 Å². The van der Waals surface area contributed by atoms with Crippen molar-refractivity contribution in [1.29, 1.82) is 0 Å². The van der Waals surface area contributed by atoms with Crippen molar-refractivity contribution in [3.63, 3.8) is 0 Å². The van der Waals surface area contributed by atoms with Gasteiger partial charge >= 0.3 is 0 Å². The van der Waals surface area contributed by atoms with Gasteiger partial charge in [0.05, 0.1) is 10.2 Å². The molecule has 1 aromatic carbocycles. The SMILES string of the molecule is Nc1nc2ccc(CC3(CO)CC3)cc2s1. The number of aromatic nitrogens is 1. The van der Waals surface area contributed by atoms with Crippen molar-refractivity contribution in [3.05, 3.63) is 23.8 Å². The van der Waals surface area contributed by atoms with E-state index in [1.54, 1.807) is 0 Å². The fourth-order valence-electron chi connectivity index (χ4n) is 2.10. The number of fused-ring (bicyclic) bond motifs is 1. The van der Waals surface area contributed by atoms with Gasteiger partial charge in [0.1, 0.15) is 0 Å². The molecule has 1 aliphatic rings. The van der Waals surface area contributed by atoms with Crippen LogP contribution in [-0.2, 0) is 6.42 Å². The number of aliphatic hydroxyl groups excluding tert-OH is 1. The molecule has 3 rings (SSSR count). The Morgan fingerprint density at radius 3 is 2.94 bits per heavy atom. The van der Waals surface area contributed by atoms with E-state index in [1.165, 1.54) is 16.9 Å². The standard InChI is InChI=1S/C12H14N2OS/c13-11-14-9-2-1-8(5-10(9)16-11)6-12(7-15)3-4-12/h1-2,5,15H,3-4,6-7H2,(H2,13,14). The van der Waals surface area contributed by atoms with Crippen molar-refractivity contribution in [1.82, 2.24) is 4.98 Å². The first-order valence-electron chi connectivity index (χ1n) is 5.47. The Hall–Kier alpha value is -1.13. The summed E-state index contributed by atoms with van der Waals surface area (Å²) in [5.74, 6) is 0. The zero-order valence-corrected chi connectivity index (χ0v) is 9.76. The summed E-state index contributed by atoms with van der Waals surface area (Å²) in [7, 11) is 0. The Morgan fingerprint density at radius 2 is 2.25 bits per heavy atom. The maximum Gasteiger partial charge on any atom is 0.181 e. The van der Waals surface area contributed by atoms with Crippen molar-refractivity contribution in [2.75, 3.05) is 12.3 Å². The first-order chi connectivity index (χ1) is 7.71. The van der Waals surface area contributed by atoms with Crippen LogP contribution in [-0.4, -0.2) is 16.7 Å². The van der Waals surface area contributed by atoms with Crippen LogP contribution in [0.2, 0.25) is 0 Å². The number of thiazole rings is 1. The van der Waals surface area contributed by atoms with Crippen LogP contribution in [0.4, 0.5) is 5.13 Å². The maximum atomic E-state index is 9.31. The lowest BCUT2D eigenvalue weighted by atomic mass is 9.97. The zero-order chi connectivity index (χ0) is 11.2. The van der Waals surface area contributed by atoms with Crippen molar-refractivity contribution >= 4 is 26.7 Å². The number of nitrogens with zero attached hydrogens (tertiary/aromatic N) is 1. The molecule has 1 fully saturated rings. The van der Waals surface area contributed by atoms with Gasteiger partial charge in [0.25, 0.3) is 0 Å². The van der Waals surface area contributed by atoms with Crippen molar-refractivity contribution < 1.29 is 5.11 Å². The van der Waals surface area contributed by atoms with Gasteiger partial charge in [-0.15, -0.1) is 0 Å². The summed E-state index contributed by atoms with van der Waals surface area (Å²) < 4.78 is 1.14. The summed E-state index contributed by atoms with van der Waals surface area (Å²) in [6.45, 7) is 0.301. The third kappa shape index (κ3) is 1.68. The lowest BCUT2D eigenvalue weighted by molar-refractivity contribution is 0.211. The second-order valence-electron chi connectivity index (χ2n) is 4.69. The minimum Gasteiger partial charge on any atom is -0.396 e. The summed E-state index contributed by atoms with van der Waals surface area (Å²) in [4.78, 5) is 4.23. The molecule has 3 nitrogen and oxygen atoms in total. The average Bonchev–Trinajstić information content (AvgIpc) is 2.93. The fraction of sp³-hybridized carbons (Fsp3) is 0.417. The lowest BCUT2D eigenvalue weighted by Gasteiger charge is -2.10. The van der Waals surface area contributed by atoms with Crippen molar-refractivity contribution in [3.8, 4) is 0 Å². The molecule has 3 N–H and O–H groups in total. The number of hydrogen-bond donors (Lipinski definition) is 2. The van der Waals surface area contributed by atoms with Gasteiger partial charge in [-0.25, -0.2) is 4.98 Å². The van der Waals surface area contributed by atoms with Gasteiger partial charge in [-0.2, -0.15) is 0 Å². The summed E-state index contributed by atoms with van der Waals surface area (Å²) in [6.07, 6.45) is 3.26. The van der Waals surface area contributed by atoms with E-state index in [9.17, 15) is 5.11 Å². The maximum absolute atomic E-state index is 9.31. The van der Waals surface area contributed by atoms with E-state index in [2.05, 4.69) is 17.1 Å². The predicted molar refractivity (Wildman–Crippen MR) is 66.5 cm³/mol. The quantitative estimate of drug-likeness (QED) is 0.856. The molecule has 0 amide bonds. The molecule has 1 saturated carbocycles. The molecule has 0 radical (unpaired) electrons. The minimum atomic E-state index is 0.171. The van der Waals surface area contributed by atoms with Gasteiger partial charge in [-0.1, -0.05) is 17.4 Å². The molecular weight excluding hydrogens is 220 g/mol. The highest BCUT2D eigenvalue weighted by molar-refractivity contribution is 7.22. The number of aliphatic hydroxyl groups is 1. The van der Waals surface area contributed by atoms with Gasteiger partial charge in [0.15, 0.2) is 5.13 Å². The van der Waals surface area contributed by atoms with Gasteiger partial charge in [0, 0.05) is 6.61 Å². The zero-order valence-electron chi connectivity index (χ0n) is 8.94. The smallest absolute Gasteiger partial charge is 0.181 e. The van der Waals surface area contributed by atoms with Gasteiger partial charge < -0.3 is 10.8 Å². The van der Waals surface area contributed by atoms with Crippen LogP contribution < -0.4 is 5.73 Å². The highest BCUT2D eigenvalue weighted by Crippen LogP contribution is 2.48. The van der Waals surface area contributed by atoms with E-state index in [1.807, 2.05) is 6.07 Å². The predicted octanol–water partition coefficient (Wildman–Crippen LogP) is 2.19. The highest BCUT2D eigenvalue weighted by atomic mass is 32.1. The molecule has 16 heavy (non-hydrogen) atoms. The van der Waals surface area contributed by atoms with Gasteiger partial charge in [-0.05, 0) is 42.4 Å². The monoisotopic (exact) mass is 234 g/mol. The number of rotatable bonds is 3. The molecule has 4 heteroatoms. The molecular formula is C12H14N2OS. The van der Waals surface area contributed by atoms with Crippen LogP contribution in [0.1, 0.15) is 18.4 Å². The van der Waals surface area contributed by atoms with E-state index in [0.717, 1.165) is 29.5 Å². The Bertz CT molecular complexity index is 531. The summed E-state index contributed by atoms with van der Waals surface area (Å²) in [5.41, 5.74) is 8.10. The second kappa shape index (κ2) is 3.43. The Morgan fingerprint density at radius 1 is 1.44 bits per heavy atom. The Labute approximate surface area is 97.9 Å². The molecule has 0 unspecified atom stereocenters. The van der Waals surface area contributed by atoms with E-state index in [4.69, 9.17) is 5.73 Å². The topological polar surface area (TPSA) is 59.1 Å². The molecule has 1 aromatic heterocycles. The minimum absolute atomic E-state index is 0.171. The molecule has 0 saturated heterocycles. The van der Waals surface area contributed by atoms with Gasteiger partial charge in [-0.3, -0.25) is 0 Å². The van der Waals surface area contributed by atoms with Crippen LogP contribution in [0, 0.1) is 5.41 Å². The highest BCUT2D eigenvalue weighted by Gasteiger charge is 2.41. The third-order valence-electron chi connectivity index (χ3n) is 3.34. The van der Waals surface area contributed by atoms with Crippen LogP contribution in [0.25, 0.3) is 10.2 Å².